The molecule has 4 rings (SSSR count). The lowest BCUT2D eigenvalue weighted by Crippen LogP contribution is -2.43. The van der Waals surface area contributed by atoms with Gasteiger partial charge >= 0.3 is 0 Å². The summed E-state index contributed by atoms with van der Waals surface area (Å²) in [4.78, 5) is 23.7. The quantitative estimate of drug-likeness (QED) is 0.904. The molecule has 1 N–H and O–H groups in total. The minimum Gasteiger partial charge on any atom is -0.356 e. The van der Waals surface area contributed by atoms with Crippen molar-refractivity contribution in [1.29, 1.82) is 0 Å². The largest absolute Gasteiger partial charge is 0.356 e. The molecule has 5 nitrogen and oxygen atoms in total. The zero-order valence-corrected chi connectivity index (χ0v) is 13.0. The molecule has 2 aliphatic carbocycles. The fourth-order valence-corrected chi connectivity index (χ4v) is 3.19. The van der Waals surface area contributed by atoms with Crippen molar-refractivity contribution in [2.45, 2.75) is 44.4 Å². The van der Waals surface area contributed by atoms with E-state index in [1.165, 1.54) is 25.7 Å². The van der Waals surface area contributed by atoms with E-state index in [-0.39, 0.29) is 11.8 Å². The molecular weight excluding hydrogens is 276 g/mol. The predicted molar refractivity (Wildman–Crippen MR) is 84.7 cm³/mol. The number of nitrogens with zero attached hydrogens (tertiary/aromatic N) is 3. The van der Waals surface area contributed by atoms with E-state index in [0.717, 1.165) is 50.0 Å². The molecule has 2 saturated carbocycles. The minimum absolute atomic E-state index is 0.104. The molecule has 2 heterocycles. The number of carbonyl (C=O) groups is 1. The second kappa shape index (κ2) is 5.86. The van der Waals surface area contributed by atoms with Crippen molar-refractivity contribution in [3.05, 3.63) is 18.1 Å². The molecule has 1 aliphatic heterocycles. The highest BCUT2D eigenvalue weighted by molar-refractivity contribution is 5.79. The Hall–Kier alpha value is -1.65. The Kier molecular flexibility index (Phi) is 3.72. The SMILES string of the molecule is O=C(NCC1CC1)[C@@H]1CCCN(c2ccnc(C3CC3)n2)C1. The van der Waals surface area contributed by atoms with E-state index < -0.39 is 0 Å². The van der Waals surface area contributed by atoms with Crippen molar-refractivity contribution < 1.29 is 4.79 Å². The average molecular weight is 300 g/mol. The van der Waals surface area contributed by atoms with Crippen LogP contribution in [-0.4, -0.2) is 35.5 Å². The first-order valence-corrected chi connectivity index (χ1v) is 8.65. The van der Waals surface area contributed by atoms with Gasteiger partial charge in [-0.3, -0.25) is 4.79 Å². The van der Waals surface area contributed by atoms with Crippen LogP contribution < -0.4 is 10.2 Å². The molecule has 3 aliphatic rings. The molecule has 0 bridgehead atoms. The van der Waals surface area contributed by atoms with Crippen LogP contribution in [0.1, 0.15) is 50.3 Å². The fraction of sp³-hybridized carbons (Fsp3) is 0.706. The molecule has 0 unspecified atom stereocenters. The zero-order chi connectivity index (χ0) is 14.9. The Morgan fingerprint density at radius 2 is 2.14 bits per heavy atom. The first-order chi connectivity index (χ1) is 10.8. The van der Waals surface area contributed by atoms with Crippen LogP contribution in [0.4, 0.5) is 5.82 Å². The van der Waals surface area contributed by atoms with Gasteiger partial charge in [-0.1, -0.05) is 0 Å². The summed E-state index contributed by atoms with van der Waals surface area (Å²) in [6, 6.07) is 1.98. The highest BCUT2D eigenvalue weighted by atomic mass is 16.1. The lowest BCUT2D eigenvalue weighted by atomic mass is 9.97. The van der Waals surface area contributed by atoms with E-state index >= 15 is 0 Å². The molecule has 3 fully saturated rings. The molecule has 5 heteroatoms. The second-order valence-corrected chi connectivity index (χ2v) is 7.02. The fourth-order valence-electron chi connectivity index (χ4n) is 3.19. The Morgan fingerprint density at radius 3 is 2.91 bits per heavy atom. The van der Waals surface area contributed by atoms with E-state index in [9.17, 15) is 4.79 Å². The summed E-state index contributed by atoms with van der Waals surface area (Å²) in [5, 5.41) is 3.13. The number of anilines is 1. The summed E-state index contributed by atoms with van der Waals surface area (Å²) < 4.78 is 0. The molecular formula is C17H24N4O. The van der Waals surface area contributed by atoms with E-state index in [1.807, 2.05) is 12.3 Å². The normalized spacial score (nSPS) is 25.1. The third kappa shape index (κ3) is 3.23. The Morgan fingerprint density at radius 1 is 1.27 bits per heavy atom. The third-order valence-corrected chi connectivity index (χ3v) is 4.98. The van der Waals surface area contributed by atoms with Gasteiger partial charge in [-0.2, -0.15) is 0 Å². The summed E-state index contributed by atoms with van der Waals surface area (Å²) in [7, 11) is 0. The third-order valence-electron chi connectivity index (χ3n) is 4.98. The van der Waals surface area contributed by atoms with Crippen LogP contribution in [0.3, 0.4) is 0 Å². The lowest BCUT2D eigenvalue weighted by molar-refractivity contribution is -0.125. The second-order valence-electron chi connectivity index (χ2n) is 7.02. The van der Waals surface area contributed by atoms with Crippen molar-refractivity contribution in [2.75, 3.05) is 24.5 Å². The van der Waals surface area contributed by atoms with Crippen molar-refractivity contribution >= 4 is 11.7 Å². The maximum Gasteiger partial charge on any atom is 0.224 e. The number of carbonyl (C=O) groups excluding carboxylic acids is 1. The number of hydrogen-bond acceptors (Lipinski definition) is 4. The highest BCUT2D eigenvalue weighted by Crippen LogP contribution is 2.38. The number of rotatable bonds is 5. The summed E-state index contributed by atoms with van der Waals surface area (Å²) in [5.41, 5.74) is 0. The summed E-state index contributed by atoms with van der Waals surface area (Å²) >= 11 is 0. The molecule has 0 radical (unpaired) electrons. The summed E-state index contributed by atoms with van der Waals surface area (Å²) in [6.45, 7) is 2.65. The van der Waals surface area contributed by atoms with E-state index in [4.69, 9.17) is 4.98 Å². The Bertz CT molecular complexity index is 553. The smallest absolute Gasteiger partial charge is 0.224 e. The van der Waals surface area contributed by atoms with Gasteiger partial charge in [0.1, 0.15) is 11.6 Å². The van der Waals surface area contributed by atoms with Gasteiger partial charge in [0.2, 0.25) is 5.91 Å². The molecule has 1 aromatic heterocycles. The number of piperidine rings is 1. The summed E-state index contributed by atoms with van der Waals surface area (Å²) in [5.74, 6) is 3.63. The Balaban J connectivity index is 1.39. The molecule has 1 atom stereocenters. The number of aromatic nitrogens is 2. The van der Waals surface area contributed by atoms with Gasteiger partial charge in [0.15, 0.2) is 0 Å². The maximum atomic E-state index is 12.3. The van der Waals surface area contributed by atoms with Gasteiger partial charge in [-0.15, -0.1) is 0 Å². The number of amides is 1. The van der Waals surface area contributed by atoms with Gasteiger partial charge in [0, 0.05) is 31.7 Å². The van der Waals surface area contributed by atoms with Crippen LogP contribution in [-0.2, 0) is 4.79 Å². The standard InChI is InChI=1S/C17H24N4O/c22-17(19-10-12-3-4-12)14-2-1-9-21(11-14)15-7-8-18-16(20-15)13-5-6-13/h7-8,12-14H,1-6,9-11H2,(H,19,22)/t14-/m1/s1. The molecule has 1 aromatic rings. The van der Waals surface area contributed by atoms with Crippen LogP contribution in [0.25, 0.3) is 0 Å². The van der Waals surface area contributed by atoms with E-state index in [0.29, 0.717) is 5.92 Å². The first-order valence-electron chi connectivity index (χ1n) is 8.65. The van der Waals surface area contributed by atoms with Gasteiger partial charge in [0.25, 0.3) is 0 Å². The predicted octanol–water partition coefficient (Wildman–Crippen LogP) is 2.10. The van der Waals surface area contributed by atoms with Crippen LogP contribution >= 0.6 is 0 Å². The van der Waals surface area contributed by atoms with Crippen LogP contribution in [0.5, 0.6) is 0 Å². The zero-order valence-electron chi connectivity index (χ0n) is 13.0. The lowest BCUT2D eigenvalue weighted by Gasteiger charge is -2.33. The van der Waals surface area contributed by atoms with Crippen molar-refractivity contribution in [1.82, 2.24) is 15.3 Å². The Labute approximate surface area is 131 Å². The monoisotopic (exact) mass is 300 g/mol. The first kappa shape index (κ1) is 14.0. The van der Waals surface area contributed by atoms with Gasteiger partial charge in [-0.05, 0) is 50.5 Å². The van der Waals surface area contributed by atoms with E-state index in [1.54, 1.807) is 0 Å². The van der Waals surface area contributed by atoms with Crippen molar-refractivity contribution in [2.24, 2.45) is 11.8 Å². The summed E-state index contributed by atoms with van der Waals surface area (Å²) in [6.07, 6.45) is 8.92. The minimum atomic E-state index is 0.104. The van der Waals surface area contributed by atoms with Gasteiger partial charge < -0.3 is 10.2 Å². The molecule has 1 amide bonds. The van der Waals surface area contributed by atoms with Crippen LogP contribution in [0.15, 0.2) is 12.3 Å². The topological polar surface area (TPSA) is 58.1 Å². The average Bonchev–Trinajstić information content (AvgIpc) is 3.46. The van der Waals surface area contributed by atoms with Crippen LogP contribution in [0, 0.1) is 11.8 Å². The van der Waals surface area contributed by atoms with Crippen molar-refractivity contribution in [3.63, 3.8) is 0 Å². The maximum absolute atomic E-state index is 12.3. The molecule has 22 heavy (non-hydrogen) atoms. The molecule has 1 saturated heterocycles. The van der Waals surface area contributed by atoms with E-state index in [2.05, 4.69) is 15.2 Å². The molecule has 0 spiro atoms. The molecule has 0 aromatic carbocycles. The highest BCUT2D eigenvalue weighted by Gasteiger charge is 2.30. The van der Waals surface area contributed by atoms with Gasteiger partial charge in [0.05, 0.1) is 5.92 Å². The van der Waals surface area contributed by atoms with Crippen molar-refractivity contribution in [3.8, 4) is 0 Å². The number of hydrogen-bond donors (Lipinski definition) is 1. The van der Waals surface area contributed by atoms with Gasteiger partial charge in [-0.25, -0.2) is 9.97 Å². The van der Waals surface area contributed by atoms with Crippen LogP contribution in [0.2, 0.25) is 0 Å². The number of nitrogens with one attached hydrogen (secondary N) is 1. The molecule has 118 valence electrons.